The number of hydrogen-bond acceptors (Lipinski definition) is 4. The van der Waals surface area contributed by atoms with Crippen LogP contribution in [0.3, 0.4) is 0 Å². The summed E-state index contributed by atoms with van der Waals surface area (Å²) in [6.45, 7) is 0.929. The molecule has 2 fully saturated rings. The molecule has 6 nitrogen and oxygen atoms in total. The minimum absolute atomic E-state index is 0.0649. The Balaban J connectivity index is 1.79. The minimum atomic E-state index is -0.883. The van der Waals surface area contributed by atoms with Gasteiger partial charge in [-0.25, -0.2) is 4.39 Å². The first-order valence-electron chi connectivity index (χ1n) is 6.88. The Morgan fingerprint density at radius 1 is 1.38 bits per heavy atom. The van der Waals surface area contributed by atoms with Gasteiger partial charge in [-0.05, 0) is 24.8 Å². The molecule has 3 unspecified atom stereocenters. The molecule has 3 atom stereocenters. The molecular weight excluding hydrogens is 279 g/mol. The van der Waals surface area contributed by atoms with Crippen molar-refractivity contribution in [1.29, 1.82) is 0 Å². The molecule has 0 radical (unpaired) electrons. The summed E-state index contributed by atoms with van der Waals surface area (Å²) < 4.78 is 13.9. The van der Waals surface area contributed by atoms with Gasteiger partial charge in [0.05, 0.1) is 22.7 Å². The number of aliphatic hydroxyl groups is 1. The maximum atomic E-state index is 13.9. The molecule has 7 heteroatoms. The van der Waals surface area contributed by atoms with Gasteiger partial charge >= 0.3 is 0 Å². The Hall–Kier alpha value is -2.02. The minimum Gasteiger partial charge on any atom is -0.393 e. The van der Waals surface area contributed by atoms with E-state index in [4.69, 9.17) is 0 Å². The van der Waals surface area contributed by atoms with E-state index in [9.17, 15) is 24.4 Å². The van der Waals surface area contributed by atoms with Gasteiger partial charge in [0.15, 0.2) is 0 Å². The summed E-state index contributed by atoms with van der Waals surface area (Å²) in [5.74, 6) is -1.02. The van der Waals surface area contributed by atoms with Crippen LogP contribution >= 0.6 is 0 Å². The number of nitro groups is 1. The largest absolute Gasteiger partial charge is 0.393 e. The third-order valence-electron chi connectivity index (χ3n) is 4.50. The molecule has 21 heavy (non-hydrogen) atoms. The van der Waals surface area contributed by atoms with E-state index in [1.807, 2.05) is 0 Å². The number of halogens is 1. The van der Waals surface area contributed by atoms with Crippen molar-refractivity contribution in [2.24, 2.45) is 11.8 Å². The summed E-state index contributed by atoms with van der Waals surface area (Å²) in [5.41, 5.74) is -0.534. The number of amides is 1. The molecule has 0 spiro atoms. The fourth-order valence-electron chi connectivity index (χ4n) is 3.36. The predicted molar refractivity (Wildman–Crippen MR) is 71.2 cm³/mol. The molecule has 112 valence electrons. The molecule has 1 saturated carbocycles. The van der Waals surface area contributed by atoms with Crippen LogP contribution in [-0.4, -0.2) is 40.0 Å². The van der Waals surface area contributed by atoms with Gasteiger partial charge in [-0.1, -0.05) is 0 Å². The Labute approximate surface area is 120 Å². The summed E-state index contributed by atoms with van der Waals surface area (Å²) in [7, 11) is 0. The van der Waals surface area contributed by atoms with Crippen LogP contribution in [0.5, 0.6) is 0 Å². The molecule has 1 heterocycles. The van der Waals surface area contributed by atoms with E-state index in [2.05, 4.69) is 0 Å². The Morgan fingerprint density at radius 3 is 2.76 bits per heavy atom. The smallest absolute Gasteiger partial charge is 0.272 e. The van der Waals surface area contributed by atoms with Crippen LogP contribution in [0.2, 0.25) is 0 Å². The van der Waals surface area contributed by atoms with Crippen LogP contribution in [0.15, 0.2) is 18.2 Å². The van der Waals surface area contributed by atoms with Crippen LogP contribution in [-0.2, 0) is 0 Å². The van der Waals surface area contributed by atoms with Gasteiger partial charge in [-0.3, -0.25) is 14.9 Å². The van der Waals surface area contributed by atoms with E-state index >= 15 is 0 Å². The fraction of sp³-hybridized carbons (Fsp3) is 0.500. The average Bonchev–Trinajstić information content (AvgIpc) is 3.00. The maximum Gasteiger partial charge on any atom is 0.272 e. The quantitative estimate of drug-likeness (QED) is 0.663. The van der Waals surface area contributed by atoms with E-state index in [1.54, 1.807) is 0 Å². The first kappa shape index (κ1) is 13.9. The number of non-ortho nitro benzene ring substituents is 1. The first-order valence-corrected chi connectivity index (χ1v) is 6.88. The molecular formula is C14H15FN2O4. The summed E-state index contributed by atoms with van der Waals surface area (Å²) in [4.78, 5) is 23.7. The van der Waals surface area contributed by atoms with Crippen molar-refractivity contribution >= 4 is 11.6 Å². The van der Waals surface area contributed by atoms with Gasteiger partial charge in [0.25, 0.3) is 11.6 Å². The van der Waals surface area contributed by atoms with E-state index in [0.717, 1.165) is 31.0 Å². The van der Waals surface area contributed by atoms with E-state index in [-0.39, 0.29) is 23.1 Å². The highest BCUT2D eigenvalue weighted by atomic mass is 19.1. The standard InChI is InChI=1S/C14H15FN2O4/c15-12-5-9(17(20)21)2-3-10(12)14(19)16-6-8-1-4-13(18)11(8)7-16/h2-3,5,8,11,13,18H,1,4,6-7H2. The third-order valence-corrected chi connectivity index (χ3v) is 4.50. The molecule has 1 N–H and O–H groups in total. The number of fused-ring (bicyclic) bond motifs is 1. The number of hydrogen-bond donors (Lipinski definition) is 1. The monoisotopic (exact) mass is 294 g/mol. The molecule has 1 aromatic rings. The van der Waals surface area contributed by atoms with E-state index < -0.39 is 22.8 Å². The number of carbonyl (C=O) groups excluding carboxylic acids is 1. The van der Waals surface area contributed by atoms with Crippen molar-refractivity contribution in [2.75, 3.05) is 13.1 Å². The van der Waals surface area contributed by atoms with Gasteiger partial charge in [0.2, 0.25) is 0 Å². The molecule has 2 aliphatic rings. The highest BCUT2D eigenvalue weighted by molar-refractivity contribution is 5.95. The molecule has 1 amide bonds. The highest BCUT2D eigenvalue weighted by Crippen LogP contribution is 2.38. The molecule has 1 aliphatic carbocycles. The van der Waals surface area contributed by atoms with Crippen molar-refractivity contribution < 1.29 is 19.2 Å². The highest BCUT2D eigenvalue weighted by Gasteiger charge is 2.43. The van der Waals surface area contributed by atoms with Crippen molar-refractivity contribution in [3.05, 3.63) is 39.7 Å². The topological polar surface area (TPSA) is 83.7 Å². The molecule has 1 aliphatic heterocycles. The second-order valence-corrected chi connectivity index (χ2v) is 5.70. The third kappa shape index (κ3) is 2.37. The summed E-state index contributed by atoms with van der Waals surface area (Å²) in [6.07, 6.45) is 1.23. The van der Waals surface area contributed by atoms with Gasteiger partial charge in [-0.15, -0.1) is 0 Å². The van der Waals surface area contributed by atoms with E-state index in [1.165, 1.54) is 4.90 Å². The fourth-order valence-corrected chi connectivity index (χ4v) is 3.36. The average molecular weight is 294 g/mol. The van der Waals surface area contributed by atoms with Crippen LogP contribution in [0, 0.1) is 27.8 Å². The molecule has 3 rings (SSSR count). The molecule has 1 saturated heterocycles. The number of likely N-dealkylation sites (tertiary alicyclic amines) is 1. The lowest BCUT2D eigenvalue weighted by Crippen LogP contribution is -2.31. The number of nitrogens with zero attached hydrogens (tertiary/aromatic N) is 2. The predicted octanol–water partition coefficient (Wildman–Crippen LogP) is 1.58. The van der Waals surface area contributed by atoms with Crippen molar-refractivity contribution in [2.45, 2.75) is 18.9 Å². The van der Waals surface area contributed by atoms with Crippen LogP contribution in [0.1, 0.15) is 23.2 Å². The summed E-state index contributed by atoms with van der Waals surface area (Å²) in [5, 5.41) is 20.4. The van der Waals surface area contributed by atoms with Crippen LogP contribution in [0.25, 0.3) is 0 Å². The van der Waals surface area contributed by atoms with Gasteiger partial charge < -0.3 is 10.0 Å². The normalized spacial score (nSPS) is 27.7. The van der Waals surface area contributed by atoms with Gasteiger partial charge in [-0.2, -0.15) is 0 Å². The molecule has 0 bridgehead atoms. The molecule has 1 aromatic carbocycles. The second kappa shape index (κ2) is 5.07. The second-order valence-electron chi connectivity index (χ2n) is 5.70. The Morgan fingerprint density at radius 2 is 2.14 bits per heavy atom. The van der Waals surface area contributed by atoms with Crippen molar-refractivity contribution in [3.8, 4) is 0 Å². The van der Waals surface area contributed by atoms with E-state index in [0.29, 0.717) is 13.1 Å². The lowest BCUT2D eigenvalue weighted by atomic mass is 10.00. The van der Waals surface area contributed by atoms with Crippen LogP contribution in [0.4, 0.5) is 10.1 Å². The maximum absolute atomic E-state index is 13.9. The van der Waals surface area contributed by atoms with Gasteiger partial charge in [0.1, 0.15) is 5.82 Å². The van der Waals surface area contributed by atoms with Crippen molar-refractivity contribution in [1.82, 2.24) is 4.90 Å². The zero-order valence-electron chi connectivity index (χ0n) is 11.2. The Bertz CT molecular complexity index is 607. The number of benzene rings is 1. The zero-order chi connectivity index (χ0) is 15.1. The number of rotatable bonds is 2. The number of carbonyl (C=O) groups is 1. The number of aliphatic hydroxyl groups excluding tert-OH is 1. The van der Waals surface area contributed by atoms with Crippen molar-refractivity contribution in [3.63, 3.8) is 0 Å². The lowest BCUT2D eigenvalue weighted by molar-refractivity contribution is -0.385. The lowest BCUT2D eigenvalue weighted by Gasteiger charge is -2.18. The molecule has 0 aromatic heterocycles. The number of nitro benzene ring substituents is 1. The van der Waals surface area contributed by atoms with Crippen LogP contribution < -0.4 is 0 Å². The Kier molecular flexibility index (Phi) is 3.36. The SMILES string of the molecule is O=C(c1ccc([N+](=O)[O-])cc1F)N1CC2CCC(O)C2C1. The summed E-state index contributed by atoms with van der Waals surface area (Å²) in [6, 6.07) is 3.04. The van der Waals surface area contributed by atoms with Gasteiger partial charge in [0, 0.05) is 25.1 Å². The zero-order valence-corrected chi connectivity index (χ0v) is 11.2. The first-order chi connectivity index (χ1) is 9.97. The summed E-state index contributed by atoms with van der Waals surface area (Å²) >= 11 is 0.